The van der Waals surface area contributed by atoms with Crippen molar-refractivity contribution in [3.63, 3.8) is 0 Å². The van der Waals surface area contributed by atoms with Crippen LogP contribution in [-0.2, 0) is 0 Å². The van der Waals surface area contributed by atoms with Crippen LogP contribution in [0.1, 0.15) is 57.4 Å². The fourth-order valence-corrected chi connectivity index (χ4v) is 4.69. The van der Waals surface area contributed by atoms with Crippen LogP contribution < -0.4 is 0 Å². The van der Waals surface area contributed by atoms with E-state index in [1.54, 1.807) is 0 Å². The van der Waals surface area contributed by atoms with Crippen molar-refractivity contribution in [2.45, 2.75) is 62.6 Å². The van der Waals surface area contributed by atoms with Gasteiger partial charge < -0.3 is 0 Å². The molecule has 2 fully saturated rings. The molecule has 1 heterocycles. The Morgan fingerprint density at radius 1 is 1.21 bits per heavy atom. The van der Waals surface area contributed by atoms with Crippen LogP contribution in [0.25, 0.3) is 0 Å². The topological polar surface area (TPSA) is 43.6 Å². The number of thioether (sulfide) groups is 1. The summed E-state index contributed by atoms with van der Waals surface area (Å²) >= 11 is 6.47. The van der Waals surface area contributed by atoms with Crippen LogP contribution in [0.15, 0.2) is 5.16 Å². The van der Waals surface area contributed by atoms with Crippen LogP contribution in [-0.4, -0.2) is 31.7 Å². The van der Waals surface area contributed by atoms with Gasteiger partial charge in [-0.25, -0.2) is 4.68 Å². The molecular formula is C13H22N4S2. The monoisotopic (exact) mass is 298 g/mol. The van der Waals surface area contributed by atoms with Gasteiger partial charge in [0.05, 0.1) is 6.04 Å². The van der Waals surface area contributed by atoms with Crippen molar-refractivity contribution in [1.29, 1.82) is 0 Å². The molecular weight excluding hydrogens is 276 g/mol. The summed E-state index contributed by atoms with van der Waals surface area (Å²) in [6.45, 7) is 0. The highest BCUT2D eigenvalue weighted by Crippen LogP contribution is 2.42. The van der Waals surface area contributed by atoms with E-state index in [2.05, 4.69) is 28.2 Å². The molecule has 0 amide bonds. The molecule has 2 aliphatic rings. The van der Waals surface area contributed by atoms with E-state index in [9.17, 15) is 0 Å². The minimum Gasteiger partial charge on any atom is -0.217 e. The maximum atomic E-state index is 4.64. The van der Waals surface area contributed by atoms with Crippen molar-refractivity contribution in [1.82, 2.24) is 20.2 Å². The highest BCUT2D eigenvalue weighted by molar-refractivity contribution is 7.99. The SMILES string of the molecule is SCC1(CSc2nnnn2C2CC2)CCCCCC1. The number of aromatic nitrogens is 4. The molecule has 3 rings (SSSR count). The fourth-order valence-electron chi connectivity index (χ4n) is 2.87. The minimum absolute atomic E-state index is 0.393. The quantitative estimate of drug-likeness (QED) is 0.514. The predicted molar refractivity (Wildman–Crippen MR) is 80.8 cm³/mol. The molecule has 0 atom stereocenters. The Hall–Kier alpha value is -0.230. The normalized spacial score (nSPS) is 23.2. The van der Waals surface area contributed by atoms with Crippen molar-refractivity contribution < 1.29 is 0 Å². The zero-order valence-corrected chi connectivity index (χ0v) is 13.0. The first-order chi connectivity index (χ1) is 9.33. The molecule has 0 unspecified atom stereocenters. The van der Waals surface area contributed by atoms with Crippen LogP contribution >= 0.6 is 24.4 Å². The van der Waals surface area contributed by atoms with Gasteiger partial charge >= 0.3 is 0 Å². The lowest BCUT2D eigenvalue weighted by Gasteiger charge is -2.30. The van der Waals surface area contributed by atoms with Gasteiger partial charge in [0.1, 0.15) is 0 Å². The summed E-state index contributed by atoms with van der Waals surface area (Å²) in [5.41, 5.74) is 0.393. The molecule has 2 aliphatic carbocycles. The highest BCUT2D eigenvalue weighted by Gasteiger charge is 2.32. The minimum atomic E-state index is 0.393. The Kier molecular flexibility index (Phi) is 4.37. The molecule has 0 radical (unpaired) electrons. The van der Waals surface area contributed by atoms with Crippen LogP contribution in [0.4, 0.5) is 0 Å². The number of hydrogen-bond donors (Lipinski definition) is 1. The van der Waals surface area contributed by atoms with E-state index >= 15 is 0 Å². The number of rotatable bonds is 5. The van der Waals surface area contributed by atoms with Crippen molar-refractivity contribution >= 4 is 24.4 Å². The lowest BCUT2D eigenvalue weighted by molar-refractivity contribution is 0.332. The third kappa shape index (κ3) is 3.27. The van der Waals surface area contributed by atoms with E-state index in [0.717, 1.165) is 16.7 Å². The maximum absolute atomic E-state index is 4.64. The Balaban J connectivity index is 1.64. The van der Waals surface area contributed by atoms with Crippen molar-refractivity contribution in [2.75, 3.05) is 11.5 Å². The molecule has 0 saturated heterocycles. The van der Waals surface area contributed by atoms with Gasteiger partial charge in [-0.15, -0.1) is 5.10 Å². The average Bonchev–Trinajstić information content (AvgIpc) is 3.22. The Labute approximate surface area is 124 Å². The first kappa shape index (κ1) is 13.7. The Morgan fingerprint density at radius 3 is 2.58 bits per heavy atom. The van der Waals surface area contributed by atoms with E-state index in [1.165, 1.54) is 51.4 Å². The standard InChI is InChI=1S/C13H22N4S2/c18-9-13(7-3-1-2-4-8-13)10-19-12-14-15-16-17(12)11-5-6-11/h11,18H,1-10H2. The lowest BCUT2D eigenvalue weighted by Crippen LogP contribution is -2.25. The number of thiol groups is 1. The summed E-state index contributed by atoms with van der Waals surface area (Å²) in [6, 6.07) is 0.568. The smallest absolute Gasteiger partial charge is 0.209 e. The van der Waals surface area contributed by atoms with Gasteiger partial charge in [-0.2, -0.15) is 12.6 Å². The Bertz CT molecular complexity index is 409. The molecule has 6 heteroatoms. The van der Waals surface area contributed by atoms with Crippen LogP contribution in [0.2, 0.25) is 0 Å². The number of nitrogens with zero attached hydrogens (tertiary/aromatic N) is 4. The van der Waals surface area contributed by atoms with Gasteiger partial charge in [-0.3, -0.25) is 0 Å². The zero-order chi connectivity index (χ0) is 13.1. The van der Waals surface area contributed by atoms with Crippen molar-refractivity contribution in [3.8, 4) is 0 Å². The van der Waals surface area contributed by atoms with Gasteiger partial charge in [0, 0.05) is 5.75 Å². The van der Waals surface area contributed by atoms with Crippen LogP contribution in [0.3, 0.4) is 0 Å². The van der Waals surface area contributed by atoms with Crippen LogP contribution in [0, 0.1) is 5.41 Å². The van der Waals surface area contributed by atoms with Gasteiger partial charge in [-0.05, 0) is 47.3 Å². The number of hydrogen-bond acceptors (Lipinski definition) is 5. The summed E-state index contributed by atoms with van der Waals surface area (Å²) in [5, 5.41) is 13.2. The number of tetrazole rings is 1. The van der Waals surface area contributed by atoms with Crippen molar-refractivity contribution in [3.05, 3.63) is 0 Å². The second-order valence-electron chi connectivity index (χ2n) is 6.00. The van der Waals surface area contributed by atoms with E-state index in [0.29, 0.717) is 11.5 Å². The van der Waals surface area contributed by atoms with Gasteiger partial charge in [0.15, 0.2) is 0 Å². The molecule has 0 aliphatic heterocycles. The van der Waals surface area contributed by atoms with E-state index in [-0.39, 0.29) is 0 Å². The highest BCUT2D eigenvalue weighted by atomic mass is 32.2. The molecule has 0 N–H and O–H groups in total. The third-order valence-corrected chi connectivity index (χ3v) is 6.32. The van der Waals surface area contributed by atoms with Crippen LogP contribution in [0.5, 0.6) is 0 Å². The first-order valence-electron chi connectivity index (χ1n) is 7.35. The molecule has 4 nitrogen and oxygen atoms in total. The van der Waals surface area contributed by atoms with E-state index < -0.39 is 0 Å². The predicted octanol–water partition coefficient (Wildman–Crippen LogP) is 3.37. The molecule has 2 saturated carbocycles. The summed E-state index contributed by atoms with van der Waals surface area (Å²) in [7, 11) is 0. The zero-order valence-electron chi connectivity index (χ0n) is 11.3. The second-order valence-corrected chi connectivity index (χ2v) is 7.26. The summed E-state index contributed by atoms with van der Waals surface area (Å²) < 4.78 is 2.02. The molecule has 106 valence electrons. The average molecular weight is 298 g/mol. The van der Waals surface area contributed by atoms with Gasteiger partial charge in [0.2, 0.25) is 5.16 Å². The molecule has 0 bridgehead atoms. The van der Waals surface area contributed by atoms with Crippen molar-refractivity contribution in [2.24, 2.45) is 5.41 Å². The maximum Gasteiger partial charge on any atom is 0.209 e. The summed E-state index contributed by atoms with van der Waals surface area (Å²) in [6.07, 6.45) is 10.6. The van der Waals surface area contributed by atoms with E-state index in [4.69, 9.17) is 0 Å². The summed E-state index contributed by atoms with van der Waals surface area (Å²) in [5.74, 6) is 2.11. The fraction of sp³-hybridized carbons (Fsp3) is 0.923. The molecule has 0 spiro atoms. The Morgan fingerprint density at radius 2 is 1.95 bits per heavy atom. The molecule has 0 aromatic carbocycles. The van der Waals surface area contributed by atoms with Gasteiger partial charge in [-0.1, -0.05) is 37.4 Å². The molecule has 19 heavy (non-hydrogen) atoms. The lowest BCUT2D eigenvalue weighted by atomic mass is 9.84. The van der Waals surface area contributed by atoms with E-state index in [1.807, 2.05) is 16.4 Å². The second kappa shape index (κ2) is 6.04. The first-order valence-corrected chi connectivity index (χ1v) is 8.96. The van der Waals surface area contributed by atoms with Gasteiger partial charge in [0.25, 0.3) is 0 Å². The molecule has 1 aromatic rings. The third-order valence-electron chi connectivity index (χ3n) is 4.36. The largest absolute Gasteiger partial charge is 0.217 e. The molecule has 1 aromatic heterocycles. The summed E-state index contributed by atoms with van der Waals surface area (Å²) in [4.78, 5) is 0.